The minimum atomic E-state index is 0. The topological polar surface area (TPSA) is 29.0 Å². The van der Waals surface area contributed by atoms with Gasteiger partial charge in [-0.25, -0.2) is 5.56 Å². The van der Waals surface area contributed by atoms with Gasteiger partial charge in [-0.15, -0.1) is 6.20 Å². The van der Waals surface area contributed by atoms with Crippen LogP contribution >= 0.6 is 0 Å². The van der Waals surface area contributed by atoms with Crippen LogP contribution in [0.3, 0.4) is 0 Å². The van der Waals surface area contributed by atoms with E-state index in [9.17, 15) is 0 Å². The standard InChI is InChI=1S/C13H17BN3.2C2H6B.2C2H6.2CH4.Y/c1-3-11-10-15-12(9-14-2)16-13(11)17-7-5-4-6-8-17;2*1-3-2;2*1-2;;;/h1,3H,4-9H2,2H3;2*1-2H3;2*1-2H3;2*1H4;/q-2;;;;;;;. The number of rotatable bonds is 4. The first kappa shape index (κ1) is 43.7. The number of hydrogen-bond acceptors (Lipinski definition) is 3. The average Bonchev–Trinajstić information content (AvgIpc) is 2.73. The number of hydrogen-bond donors (Lipinski definition) is 0. The number of nitrogens with zero attached hydrogens (tertiary/aromatic N) is 3. The van der Waals surface area contributed by atoms with Crippen molar-refractivity contribution < 1.29 is 32.7 Å². The maximum absolute atomic E-state index is 5.61. The Balaban J connectivity index is -0.0000000963. The molecule has 4 radical (unpaired) electrons. The first-order valence-electron chi connectivity index (χ1n) is 10.5. The molecule has 1 aliphatic heterocycles. The molecule has 30 heavy (non-hydrogen) atoms. The molecular formula is C23H49B3N3Y-2. The summed E-state index contributed by atoms with van der Waals surface area (Å²) in [4.78, 5) is 11.1. The van der Waals surface area contributed by atoms with E-state index in [2.05, 4.69) is 28.3 Å². The van der Waals surface area contributed by atoms with Crippen molar-refractivity contribution >= 4 is 33.7 Å². The smallest absolute Gasteiger partial charge is 0.104 e. The van der Waals surface area contributed by atoms with Crippen molar-refractivity contribution in [3.8, 4) is 0 Å². The molecule has 1 saturated heterocycles. The van der Waals surface area contributed by atoms with Gasteiger partial charge < -0.3 is 27.5 Å². The minimum absolute atomic E-state index is 0. The summed E-state index contributed by atoms with van der Waals surface area (Å²) in [5, 5.41) is 0. The Bertz CT molecular complexity index is 428. The molecule has 3 nitrogen and oxygen atoms in total. The molecule has 1 aromatic heterocycles. The van der Waals surface area contributed by atoms with E-state index < -0.39 is 0 Å². The molecule has 0 bridgehead atoms. The Hall–Kier alpha value is -0.0813. The van der Waals surface area contributed by atoms with E-state index in [1.165, 1.54) is 19.3 Å². The summed E-state index contributed by atoms with van der Waals surface area (Å²) in [6.07, 6.45) is 9.07. The summed E-state index contributed by atoms with van der Waals surface area (Å²) < 4.78 is 0. The van der Waals surface area contributed by atoms with Crippen LogP contribution in [0.4, 0.5) is 5.82 Å². The van der Waals surface area contributed by atoms with E-state index in [-0.39, 0.29) is 47.6 Å². The van der Waals surface area contributed by atoms with E-state index in [4.69, 9.17) is 6.58 Å². The number of aromatic nitrogens is 2. The van der Waals surface area contributed by atoms with Gasteiger partial charge in [0.15, 0.2) is 0 Å². The SMILES string of the molecule is C.C.CC.CC.C[B]C.C[B]C.[CH-]=Cc1[c-]nc(C[B]C)nc1N1CCCCC1.[Y]. The Labute approximate surface area is 219 Å². The minimum Gasteiger partial charge on any atom is -0.410 e. The van der Waals surface area contributed by atoms with Crippen LogP contribution in [0.1, 0.15) is 73.2 Å². The zero-order chi connectivity index (χ0) is 21.5. The third-order valence-corrected chi connectivity index (χ3v) is 2.99. The van der Waals surface area contributed by atoms with Crippen molar-refractivity contribution in [2.75, 3.05) is 18.0 Å². The van der Waals surface area contributed by atoms with Gasteiger partial charge in [-0.3, -0.25) is 0 Å². The van der Waals surface area contributed by atoms with Crippen LogP contribution in [-0.4, -0.2) is 44.9 Å². The van der Waals surface area contributed by atoms with Crippen molar-refractivity contribution in [2.24, 2.45) is 0 Å². The fourth-order valence-electron chi connectivity index (χ4n) is 2.11. The fourth-order valence-corrected chi connectivity index (χ4v) is 2.11. The van der Waals surface area contributed by atoms with E-state index in [0.717, 1.165) is 36.6 Å². The molecule has 1 aliphatic rings. The van der Waals surface area contributed by atoms with Crippen molar-refractivity contribution in [2.45, 2.75) is 102 Å². The van der Waals surface area contributed by atoms with Gasteiger partial charge in [-0.05, 0) is 25.1 Å². The van der Waals surface area contributed by atoms with Gasteiger partial charge >= 0.3 is 0 Å². The molecule has 1 fully saturated rings. The second-order valence-corrected chi connectivity index (χ2v) is 5.47. The van der Waals surface area contributed by atoms with Crippen molar-refractivity contribution in [1.29, 1.82) is 0 Å². The summed E-state index contributed by atoms with van der Waals surface area (Å²) in [7, 11) is 6.05. The third kappa shape index (κ3) is 22.6. The van der Waals surface area contributed by atoms with Gasteiger partial charge in [0.25, 0.3) is 0 Å². The Morgan fingerprint density at radius 2 is 1.37 bits per heavy atom. The van der Waals surface area contributed by atoms with Crippen molar-refractivity contribution in [3.63, 3.8) is 0 Å². The molecule has 7 heteroatoms. The zero-order valence-corrected chi connectivity index (χ0v) is 22.9. The van der Waals surface area contributed by atoms with Crippen LogP contribution in [0.2, 0.25) is 34.1 Å². The van der Waals surface area contributed by atoms with Crippen molar-refractivity contribution in [1.82, 2.24) is 9.97 Å². The molecule has 0 saturated carbocycles. The van der Waals surface area contributed by atoms with Crippen LogP contribution in [0, 0.1) is 12.8 Å². The molecule has 0 aliphatic carbocycles. The van der Waals surface area contributed by atoms with Crippen LogP contribution < -0.4 is 4.90 Å². The van der Waals surface area contributed by atoms with Gasteiger partial charge in [0.2, 0.25) is 0 Å². The van der Waals surface area contributed by atoms with Crippen molar-refractivity contribution in [3.05, 3.63) is 24.2 Å². The van der Waals surface area contributed by atoms with Gasteiger partial charge in [-0.2, -0.15) is 0 Å². The first-order valence-corrected chi connectivity index (χ1v) is 10.5. The second-order valence-electron chi connectivity index (χ2n) is 5.47. The number of anilines is 1. The molecule has 0 atom stereocenters. The Kier molecular flexibility index (Phi) is 52.9. The van der Waals surface area contributed by atoms with E-state index in [1.54, 1.807) is 6.08 Å². The summed E-state index contributed by atoms with van der Waals surface area (Å²) in [6.45, 7) is 25.7. The maximum Gasteiger partial charge on any atom is 0.104 e. The fraction of sp³-hybridized carbons (Fsp3) is 0.739. The van der Waals surface area contributed by atoms with Gasteiger partial charge in [0.1, 0.15) is 21.8 Å². The summed E-state index contributed by atoms with van der Waals surface area (Å²) in [5.74, 6) is 1.76. The first-order chi connectivity index (χ1) is 13.2. The normalized spacial score (nSPS) is 10.2. The second kappa shape index (κ2) is 36.3. The molecule has 0 spiro atoms. The number of piperidine rings is 1. The molecule has 2 heterocycles. The predicted molar refractivity (Wildman–Crippen MR) is 142 cm³/mol. The molecule has 0 amide bonds. The summed E-state index contributed by atoms with van der Waals surface area (Å²) >= 11 is 0. The molecule has 1 aromatic rings. The van der Waals surface area contributed by atoms with Gasteiger partial charge in [0, 0.05) is 51.6 Å². The van der Waals surface area contributed by atoms with E-state index in [1.807, 2.05) is 76.4 Å². The Morgan fingerprint density at radius 1 is 0.933 bits per heavy atom. The van der Waals surface area contributed by atoms with E-state index in [0.29, 0.717) is 0 Å². The monoisotopic (exact) mass is 489 g/mol. The van der Waals surface area contributed by atoms with Gasteiger partial charge in [0.05, 0.1) is 0 Å². The molecule has 2 rings (SSSR count). The summed E-state index contributed by atoms with van der Waals surface area (Å²) in [5.41, 5.74) is 0.812. The van der Waals surface area contributed by atoms with Crippen LogP contribution in [-0.2, 0) is 39.0 Å². The average molecular weight is 489 g/mol. The molecule has 0 aromatic carbocycles. The molecule has 0 N–H and O–H groups in total. The van der Waals surface area contributed by atoms with Gasteiger partial charge in [-0.1, -0.05) is 83.0 Å². The predicted octanol–water partition coefficient (Wildman–Crippen LogP) is 6.86. The van der Waals surface area contributed by atoms with E-state index >= 15 is 0 Å². The molecular weight excluding hydrogens is 440 g/mol. The molecule has 170 valence electrons. The third-order valence-electron chi connectivity index (χ3n) is 2.99. The zero-order valence-electron chi connectivity index (χ0n) is 20.0. The maximum atomic E-state index is 5.61. The van der Waals surface area contributed by atoms with Crippen LogP contribution in [0.5, 0.6) is 0 Å². The van der Waals surface area contributed by atoms with Crippen LogP contribution in [0.15, 0.2) is 0 Å². The Morgan fingerprint density at radius 3 is 1.73 bits per heavy atom. The summed E-state index contributed by atoms with van der Waals surface area (Å²) in [6, 6.07) is 0. The molecule has 0 unspecified atom stereocenters. The van der Waals surface area contributed by atoms with Crippen LogP contribution in [0.25, 0.3) is 6.08 Å². The largest absolute Gasteiger partial charge is 0.410 e. The quantitative estimate of drug-likeness (QED) is 0.342.